The van der Waals surface area contributed by atoms with Crippen LogP contribution in [0.25, 0.3) is 12.2 Å². The highest BCUT2D eigenvalue weighted by atomic mass is 16.5. The molecule has 0 aromatic heterocycles. The Morgan fingerprint density at radius 1 is 0.710 bits per heavy atom. The van der Waals surface area contributed by atoms with Crippen LogP contribution in [0, 0.1) is 0 Å². The SMILES string of the molecule is COc1ccc(/C=C\c2cc(OC)cc(O)c2C(=O)c2cc(OC)cc(OC)c2)cc1. The maximum absolute atomic E-state index is 13.4. The molecule has 0 aliphatic rings. The van der Waals surface area contributed by atoms with E-state index in [1.807, 2.05) is 30.3 Å². The highest BCUT2D eigenvalue weighted by Crippen LogP contribution is 2.33. The van der Waals surface area contributed by atoms with Gasteiger partial charge in [0.25, 0.3) is 0 Å². The highest BCUT2D eigenvalue weighted by Gasteiger charge is 2.20. The van der Waals surface area contributed by atoms with Crippen molar-refractivity contribution in [3.63, 3.8) is 0 Å². The first-order valence-electron chi connectivity index (χ1n) is 9.50. The van der Waals surface area contributed by atoms with Crippen molar-refractivity contribution in [3.8, 4) is 28.7 Å². The smallest absolute Gasteiger partial charge is 0.197 e. The van der Waals surface area contributed by atoms with E-state index in [0.717, 1.165) is 11.3 Å². The van der Waals surface area contributed by atoms with Crippen molar-refractivity contribution >= 4 is 17.9 Å². The summed E-state index contributed by atoms with van der Waals surface area (Å²) in [6.07, 6.45) is 3.60. The van der Waals surface area contributed by atoms with E-state index >= 15 is 0 Å². The number of aromatic hydroxyl groups is 1. The van der Waals surface area contributed by atoms with Crippen molar-refractivity contribution in [2.45, 2.75) is 0 Å². The molecule has 6 heteroatoms. The Morgan fingerprint density at radius 3 is 1.81 bits per heavy atom. The molecule has 3 aromatic carbocycles. The number of carbonyl (C=O) groups is 1. The Morgan fingerprint density at radius 2 is 1.26 bits per heavy atom. The second kappa shape index (κ2) is 9.71. The topological polar surface area (TPSA) is 74.2 Å². The van der Waals surface area contributed by atoms with Gasteiger partial charge in [0.15, 0.2) is 5.78 Å². The van der Waals surface area contributed by atoms with Crippen LogP contribution in [0.15, 0.2) is 54.6 Å². The van der Waals surface area contributed by atoms with Crippen molar-refractivity contribution in [2.24, 2.45) is 0 Å². The van der Waals surface area contributed by atoms with Crippen LogP contribution >= 0.6 is 0 Å². The predicted octanol–water partition coefficient (Wildman–Crippen LogP) is 4.83. The first-order chi connectivity index (χ1) is 15.0. The van der Waals surface area contributed by atoms with Crippen molar-refractivity contribution in [2.75, 3.05) is 28.4 Å². The molecule has 3 rings (SSSR count). The number of benzene rings is 3. The molecular weight excluding hydrogens is 396 g/mol. The molecule has 31 heavy (non-hydrogen) atoms. The second-order valence-corrected chi connectivity index (χ2v) is 6.65. The van der Waals surface area contributed by atoms with Crippen molar-refractivity contribution in [1.82, 2.24) is 0 Å². The van der Waals surface area contributed by atoms with E-state index in [1.165, 1.54) is 27.4 Å². The summed E-state index contributed by atoms with van der Waals surface area (Å²) in [6.45, 7) is 0. The van der Waals surface area contributed by atoms with Gasteiger partial charge in [-0.3, -0.25) is 4.79 Å². The first-order valence-corrected chi connectivity index (χ1v) is 9.50. The minimum absolute atomic E-state index is 0.154. The molecule has 3 aromatic rings. The Bertz CT molecular complexity index is 1080. The van der Waals surface area contributed by atoms with Gasteiger partial charge in [-0.2, -0.15) is 0 Å². The number of ketones is 1. The summed E-state index contributed by atoms with van der Waals surface area (Å²) >= 11 is 0. The van der Waals surface area contributed by atoms with E-state index in [0.29, 0.717) is 28.4 Å². The van der Waals surface area contributed by atoms with Gasteiger partial charge >= 0.3 is 0 Å². The van der Waals surface area contributed by atoms with Gasteiger partial charge in [-0.05, 0) is 41.5 Å². The summed E-state index contributed by atoms with van der Waals surface area (Å²) in [6, 6.07) is 15.5. The van der Waals surface area contributed by atoms with E-state index in [1.54, 1.807) is 37.5 Å². The molecule has 0 fully saturated rings. The lowest BCUT2D eigenvalue weighted by atomic mass is 9.95. The summed E-state index contributed by atoms with van der Waals surface area (Å²) in [5.74, 6) is 1.59. The molecule has 6 nitrogen and oxygen atoms in total. The third-order valence-electron chi connectivity index (χ3n) is 4.77. The van der Waals surface area contributed by atoms with Gasteiger partial charge in [0.1, 0.15) is 28.7 Å². The van der Waals surface area contributed by atoms with Crippen molar-refractivity contribution in [1.29, 1.82) is 0 Å². The van der Waals surface area contributed by atoms with E-state index in [9.17, 15) is 9.90 Å². The van der Waals surface area contributed by atoms with Gasteiger partial charge in [-0.15, -0.1) is 0 Å². The molecule has 0 atom stereocenters. The zero-order valence-corrected chi connectivity index (χ0v) is 17.8. The van der Waals surface area contributed by atoms with Gasteiger partial charge in [-0.1, -0.05) is 24.3 Å². The van der Waals surface area contributed by atoms with E-state index < -0.39 is 0 Å². The lowest BCUT2D eigenvalue weighted by Crippen LogP contribution is -2.06. The molecule has 0 saturated heterocycles. The summed E-state index contributed by atoms with van der Waals surface area (Å²) < 4.78 is 21.0. The number of ether oxygens (including phenoxy) is 4. The molecule has 0 radical (unpaired) electrons. The van der Waals surface area contributed by atoms with E-state index in [4.69, 9.17) is 18.9 Å². The normalized spacial score (nSPS) is 10.7. The quantitative estimate of drug-likeness (QED) is 0.416. The highest BCUT2D eigenvalue weighted by molar-refractivity contribution is 6.13. The lowest BCUT2D eigenvalue weighted by molar-refractivity contribution is 0.103. The van der Waals surface area contributed by atoms with Gasteiger partial charge < -0.3 is 24.1 Å². The summed E-state index contributed by atoms with van der Waals surface area (Å²) in [7, 11) is 6.13. The fourth-order valence-corrected chi connectivity index (χ4v) is 3.10. The van der Waals surface area contributed by atoms with Crippen LogP contribution in [-0.2, 0) is 0 Å². The lowest BCUT2D eigenvalue weighted by Gasteiger charge is -2.12. The first kappa shape index (κ1) is 21.8. The Balaban J connectivity index is 2.07. The molecule has 0 saturated carbocycles. The molecular formula is C25H24O6. The van der Waals surface area contributed by atoms with Crippen LogP contribution in [0.4, 0.5) is 0 Å². The molecule has 0 bridgehead atoms. The van der Waals surface area contributed by atoms with Gasteiger partial charge in [0, 0.05) is 17.7 Å². The predicted molar refractivity (Wildman–Crippen MR) is 120 cm³/mol. The average molecular weight is 420 g/mol. The Kier molecular flexibility index (Phi) is 6.82. The summed E-state index contributed by atoms with van der Waals surface area (Å²) in [5, 5.41) is 10.6. The standard InChI is InChI=1S/C25H24O6/c1-28-19-9-6-16(7-10-19)5-8-17-11-22(31-4)15-23(26)24(17)25(27)18-12-20(29-2)14-21(13-18)30-3/h5-15,26H,1-4H3/b8-5-. The zero-order valence-electron chi connectivity index (χ0n) is 17.8. The molecule has 160 valence electrons. The Hall–Kier alpha value is -3.93. The molecule has 0 spiro atoms. The van der Waals surface area contributed by atoms with Gasteiger partial charge in [-0.25, -0.2) is 0 Å². The summed E-state index contributed by atoms with van der Waals surface area (Å²) in [5.41, 5.74) is 1.90. The maximum Gasteiger partial charge on any atom is 0.197 e. The molecule has 0 aliphatic heterocycles. The number of hydrogen-bond acceptors (Lipinski definition) is 6. The number of phenolic OH excluding ortho intramolecular Hbond substituents is 1. The maximum atomic E-state index is 13.4. The van der Waals surface area contributed by atoms with Crippen molar-refractivity contribution in [3.05, 3.63) is 76.9 Å². The molecule has 0 aliphatic carbocycles. The third-order valence-corrected chi connectivity index (χ3v) is 4.77. The van der Waals surface area contributed by atoms with E-state index in [-0.39, 0.29) is 17.1 Å². The van der Waals surface area contributed by atoms with Crippen LogP contribution in [0.3, 0.4) is 0 Å². The zero-order chi connectivity index (χ0) is 22.4. The molecule has 1 N–H and O–H groups in total. The minimum Gasteiger partial charge on any atom is -0.507 e. The largest absolute Gasteiger partial charge is 0.507 e. The molecule has 0 amide bonds. The average Bonchev–Trinajstić information content (AvgIpc) is 2.81. The van der Waals surface area contributed by atoms with Gasteiger partial charge in [0.2, 0.25) is 0 Å². The third kappa shape index (κ3) is 4.98. The van der Waals surface area contributed by atoms with Gasteiger partial charge in [0.05, 0.1) is 34.0 Å². The number of hydrogen-bond donors (Lipinski definition) is 1. The number of carbonyl (C=O) groups excluding carboxylic acids is 1. The van der Waals surface area contributed by atoms with Crippen molar-refractivity contribution < 1.29 is 28.8 Å². The fourth-order valence-electron chi connectivity index (χ4n) is 3.10. The number of methoxy groups -OCH3 is 4. The van der Waals surface area contributed by atoms with Crippen LogP contribution < -0.4 is 18.9 Å². The summed E-state index contributed by atoms with van der Waals surface area (Å²) in [4.78, 5) is 13.4. The fraction of sp³-hybridized carbons (Fsp3) is 0.160. The molecule has 0 unspecified atom stereocenters. The minimum atomic E-state index is -0.369. The van der Waals surface area contributed by atoms with Crippen LogP contribution in [0.2, 0.25) is 0 Å². The van der Waals surface area contributed by atoms with Crippen LogP contribution in [0.5, 0.6) is 28.7 Å². The van der Waals surface area contributed by atoms with E-state index in [2.05, 4.69) is 0 Å². The molecule has 0 heterocycles. The number of phenols is 1. The number of rotatable bonds is 8. The second-order valence-electron chi connectivity index (χ2n) is 6.65. The monoisotopic (exact) mass is 420 g/mol. The Labute approximate surface area is 181 Å². The van der Waals surface area contributed by atoms with Crippen LogP contribution in [-0.4, -0.2) is 39.3 Å². The van der Waals surface area contributed by atoms with Crippen LogP contribution in [0.1, 0.15) is 27.0 Å².